The summed E-state index contributed by atoms with van der Waals surface area (Å²) in [5.41, 5.74) is -0.250. The molecule has 1 N–H and O–H groups in total. The average Bonchev–Trinajstić information content (AvgIpc) is 3.33. The molecule has 3 aliphatic rings. The van der Waals surface area contributed by atoms with E-state index in [2.05, 4.69) is 25.2 Å². The largest absolute Gasteiger partial charge is 0.352 e. The molecule has 0 bridgehead atoms. The number of aromatic nitrogens is 4. The van der Waals surface area contributed by atoms with Crippen molar-refractivity contribution in [2.45, 2.75) is 32.2 Å². The van der Waals surface area contributed by atoms with Gasteiger partial charge in [0.2, 0.25) is 5.95 Å². The van der Waals surface area contributed by atoms with Crippen LogP contribution in [0, 0.1) is 11.3 Å². The predicted octanol–water partition coefficient (Wildman–Crippen LogP) is 0.626. The van der Waals surface area contributed by atoms with Gasteiger partial charge in [-0.15, -0.1) is 0 Å². The summed E-state index contributed by atoms with van der Waals surface area (Å²) in [4.78, 5) is 39.8. The van der Waals surface area contributed by atoms with Crippen LogP contribution >= 0.6 is 0 Å². The highest BCUT2D eigenvalue weighted by atomic mass is 16.2. The molecule has 2 aromatic heterocycles. The van der Waals surface area contributed by atoms with Gasteiger partial charge in [-0.05, 0) is 31.2 Å². The molecule has 2 aliphatic heterocycles. The number of nitrogens with zero attached hydrogens (tertiary/aromatic N) is 5. The van der Waals surface area contributed by atoms with E-state index in [0.717, 1.165) is 57.1 Å². The monoisotopic (exact) mass is 366 g/mol. The predicted molar refractivity (Wildman–Crippen MR) is 98.6 cm³/mol. The molecule has 1 spiro atoms. The van der Waals surface area contributed by atoms with Crippen molar-refractivity contribution in [2.75, 3.05) is 24.5 Å². The highest BCUT2D eigenvalue weighted by Crippen LogP contribution is 2.40. The zero-order chi connectivity index (χ0) is 18.4. The Bertz CT molecular complexity index is 939. The summed E-state index contributed by atoms with van der Waals surface area (Å²) in [6, 6.07) is 1.81. The Balaban J connectivity index is 1.34. The first-order chi connectivity index (χ1) is 13.1. The lowest BCUT2D eigenvalue weighted by molar-refractivity contribution is 0.0949. The molecule has 1 amide bonds. The Hall–Kier alpha value is -2.77. The summed E-state index contributed by atoms with van der Waals surface area (Å²) in [5.74, 6) is 1.79. The lowest BCUT2D eigenvalue weighted by Gasteiger charge is -2.22. The molecule has 0 unspecified atom stereocenters. The van der Waals surface area contributed by atoms with E-state index in [4.69, 9.17) is 0 Å². The number of rotatable bonds is 4. The van der Waals surface area contributed by atoms with Gasteiger partial charge in [-0.1, -0.05) is 0 Å². The molecular formula is C19H22N6O2. The van der Waals surface area contributed by atoms with Crippen LogP contribution in [0.4, 0.5) is 5.95 Å². The van der Waals surface area contributed by atoms with E-state index in [9.17, 15) is 9.59 Å². The van der Waals surface area contributed by atoms with Crippen molar-refractivity contribution >= 4 is 11.9 Å². The van der Waals surface area contributed by atoms with Crippen LogP contribution in [-0.4, -0.2) is 45.1 Å². The van der Waals surface area contributed by atoms with E-state index in [0.29, 0.717) is 12.5 Å². The second kappa shape index (κ2) is 6.14. The number of nitrogens with one attached hydrogen (secondary N) is 1. The van der Waals surface area contributed by atoms with Crippen LogP contribution < -0.4 is 15.8 Å². The molecule has 140 valence electrons. The topological polar surface area (TPSA) is 93.0 Å². The third kappa shape index (κ3) is 3.09. The number of fused-ring (bicyclic) bond motifs is 1. The fourth-order valence-corrected chi connectivity index (χ4v) is 4.20. The highest BCUT2D eigenvalue weighted by Gasteiger charge is 2.44. The number of anilines is 1. The zero-order valence-electron chi connectivity index (χ0n) is 15.1. The van der Waals surface area contributed by atoms with Gasteiger partial charge >= 0.3 is 0 Å². The smallest absolute Gasteiger partial charge is 0.285 e. The fraction of sp³-hybridized carbons (Fsp3) is 0.526. The average molecular weight is 366 g/mol. The number of carbonyl (C=O) groups excluding carboxylic acids is 1. The molecule has 8 nitrogen and oxygen atoms in total. The molecule has 8 heteroatoms. The minimum absolute atomic E-state index is 0.0226. The van der Waals surface area contributed by atoms with E-state index in [1.54, 1.807) is 18.6 Å². The summed E-state index contributed by atoms with van der Waals surface area (Å²) in [6.07, 6.45) is 9.26. The van der Waals surface area contributed by atoms with Gasteiger partial charge in [0.15, 0.2) is 0 Å². The molecule has 5 rings (SSSR count). The summed E-state index contributed by atoms with van der Waals surface area (Å²) in [7, 11) is 0. The fourth-order valence-electron chi connectivity index (χ4n) is 4.20. The van der Waals surface area contributed by atoms with Gasteiger partial charge in [0.25, 0.3) is 11.5 Å². The molecule has 1 aliphatic carbocycles. The van der Waals surface area contributed by atoms with Crippen LogP contribution in [-0.2, 0) is 13.0 Å². The standard InChI is InChI=1S/C19H22N6O2/c26-16(22-9-13-2-3-13)14-10-25-12-19(8-15(25)23-17(14)27)4-7-24(11-19)18-20-5-1-6-21-18/h1,5-6,10,13H,2-4,7-9,11-12H2,(H,22,26)/t19-/m0/s1. The minimum Gasteiger partial charge on any atom is -0.352 e. The highest BCUT2D eigenvalue weighted by molar-refractivity contribution is 5.93. The van der Waals surface area contributed by atoms with Gasteiger partial charge in [0, 0.05) is 56.6 Å². The molecular weight excluding hydrogens is 344 g/mol. The molecule has 2 aromatic rings. The maximum absolute atomic E-state index is 12.4. The summed E-state index contributed by atoms with van der Waals surface area (Å²) >= 11 is 0. The maximum atomic E-state index is 12.4. The van der Waals surface area contributed by atoms with E-state index >= 15 is 0 Å². The van der Waals surface area contributed by atoms with E-state index in [1.165, 1.54) is 0 Å². The Kier molecular flexibility index (Phi) is 3.73. The third-order valence-corrected chi connectivity index (χ3v) is 5.88. The van der Waals surface area contributed by atoms with Crippen LogP contribution in [0.25, 0.3) is 0 Å². The zero-order valence-corrected chi connectivity index (χ0v) is 15.1. The first kappa shape index (κ1) is 16.4. The summed E-state index contributed by atoms with van der Waals surface area (Å²) < 4.78 is 1.99. The van der Waals surface area contributed by atoms with Crippen LogP contribution in [0.5, 0.6) is 0 Å². The van der Waals surface area contributed by atoms with Crippen molar-refractivity contribution in [1.29, 1.82) is 0 Å². The van der Waals surface area contributed by atoms with E-state index < -0.39 is 5.56 Å². The lowest BCUT2D eigenvalue weighted by Crippen LogP contribution is -2.32. The van der Waals surface area contributed by atoms with Gasteiger partial charge in [-0.3, -0.25) is 9.59 Å². The number of hydrogen-bond donors (Lipinski definition) is 1. The van der Waals surface area contributed by atoms with E-state index in [1.807, 2.05) is 10.6 Å². The first-order valence-electron chi connectivity index (χ1n) is 9.52. The van der Waals surface area contributed by atoms with Crippen LogP contribution in [0.1, 0.15) is 35.4 Å². The molecule has 0 radical (unpaired) electrons. The molecule has 1 saturated carbocycles. The SMILES string of the molecule is O=C(NCC1CC1)c1cn2c(nc1=O)C[C@]1(CCN(c3ncccn3)C1)C2. The Morgan fingerprint density at radius 2 is 2.07 bits per heavy atom. The van der Waals surface area contributed by atoms with Crippen LogP contribution in [0.3, 0.4) is 0 Å². The van der Waals surface area contributed by atoms with Gasteiger partial charge in [0.05, 0.1) is 0 Å². The molecule has 1 atom stereocenters. The number of amides is 1. The molecule has 1 saturated heterocycles. The molecule has 27 heavy (non-hydrogen) atoms. The van der Waals surface area contributed by atoms with Crippen molar-refractivity contribution in [3.8, 4) is 0 Å². The van der Waals surface area contributed by atoms with Crippen molar-refractivity contribution in [3.05, 3.63) is 46.4 Å². The van der Waals surface area contributed by atoms with Crippen molar-refractivity contribution in [1.82, 2.24) is 24.8 Å². The lowest BCUT2D eigenvalue weighted by atomic mass is 9.86. The normalized spacial score (nSPS) is 23.6. The number of hydrogen-bond acceptors (Lipinski definition) is 6. The van der Waals surface area contributed by atoms with Gasteiger partial charge in [-0.25, -0.2) is 9.97 Å². The summed E-state index contributed by atoms with van der Waals surface area (Å²) in [5, 5.41) is 2.87. The number of carbonyl (C=O) groups is 1. The van der Waals surface area contributed by atoms with Crippen LogP contribution in [0.15, 0.2) is 29.5 Å². The first-order valence-corrected chi connectivity index (χ1v) is 9.52. The second-order valence-corrected chi connectivity index (χ2v) is 8.05. The van der Waals surface area contributed by atoms with Crippen molar-refractivity contribution in [3.63, 3.8) is 0 Å². The van der Waals surface area contributed by atoms with Gasteiger partial charge in [0.1, 0.15) is 11.4 Å². The quantitative estimate of drug-likeness (QED) is 0.853. The Morgan fingerprint density at radius 1 is 1.26 bits per heavy atom. The third-order valence-electron chi connectivity index (χ3n) is 5.88. The van der Waals surface area contributed by atoms with Crippen molar-refractivity contribution < 1.29 is 4.79 Å². The second-order valence-electron chi connectivity index (χ2n) is 8.05. The minimum atomic E-state index is -0.423. The van der Waals surface area contributed by atoms with Gasteiger partial charge in [-0.2, -0.15) is 4.98 Å². The molecule has 2 fully saturated rings. The Morgan fingerprint density at radius 3 is 2.85 bits per heavy atom. The van der Waals surface area contributed by atoms with Gasteiger partial charge < -0.3 is 14.8 Å². The van der Waals surface area contributed by atoms with Crippen molar-refractivity contribution in [2.24, 2.45) is 11.3 Å². The maximum Gasteiger partial charge on any atom is 0.285 e. The van der Waals surface area contributed by atoms with Crippen LogP contribution in [0.2, 0.25) is 0 Å². The Labute approximate surface area is 156 Å². The molecule has 0 aromatic carbocycles. The van der Waals surface area contributed by atoms with E-state index in [-0.39, 0.29) is 16.9 Å². The molecule has 4 heterocycles. The summed E-state index contributed by atoms with van der Waals surface area (Å²) in [6.45, 7) is 3.13.